The Kier molecular flexibility index (Phi) is 30.5. The van der Waals surface area contributed by atoms with Gasteiger partial charge in [-0.1, -0.05) is 136 Å². The monoisotopic (exact) mass is 437 g/mol. The van der Waals surface area contributed by atoms with E-state index in [0.717, 1.165) is 0 Å². The molecule has 0 fully saturated rings. The molecule has 0 heterocycles. The normalized spacial score (nSPS) is 10.1. The van der Waals surface area contributed by atoms with Crippen LogP contribution in [-0.4, -0.2) is 13.0 Å². The van der Waals surface area contributed by atoms with Crippen LogP contribution in [0.25, 0.3) is 0 Å². The summed E-state index contributed by atoms with van der Waals surface area (Å²) < 4.78 is 29.2. The van der Waals surface area contributed by atoms with Crippen LogP contribution in [0.3, 0.4) is 0 Å². The van der Waals surface area contributed by atoms with E-state index in [0.29, 0.717) is 0 Å². The van der Waals surface area contributed by atoms with Crippen molar-refractivity contribution in [2.75, 3.05) is 0 Å². The molecule has 0 bridgehead atoms. The molecule has 5 heteroatoms. The first-order valence-corrected chi connectivity index (χ1v) is 12.9. The van der Waals surface area contributed by atoms with Crippen LogP contribution < -0.4 is 29.6 Å². The van der Waals surface area contributed by atoms with Gasteiger partial charge in [0, 0.05) is 0 Å². The molecule has 0 radical (unpaired) electrons. The van der Waals surface area contributed by atoms with Gasteiger partial charge in [-0.05, 0) is 12.1 Å². The fraction of sp³-hybridized carbons (Fsp3) is 0.750. The van der Waals surface area contributed by atoms with Gasteiger partial charge in [0.1, 0.15) is 0 Å². The van der Waals surface area contributed by atoms with Gasteiger partial charge in [0.25, 0.3) is 10.1 Å². The number of benzene rings is 1. The van der Waals surface area contributed by atoms with Crippen molar-refractivity contribution in [2.24, 2.45) is 0 Å². The summed E-state index contributed by atoms with van der Waals surface area (Å²) in [6, 6.07) is 7.42. The molecule has 1 rings (SSSR count). The van der Waals surface area contributed by atoms with Crippen LogP contribution in [0.1, 0.15) is 118 Å². The summed E-state index contributed by atoms with van der Waals surface area (Å²) in [6.07, 6.45) is 20.0. The zero-order chi connectivity index (χ0) is 21.5. The van der Waals surface area contributed by atoms with E-state index in [1.807, 2.05) is 0 Å². The third-order valence-corrected chi connectivity index (χ3v) is 5.32. The van der Waals surface area contributed by atoms with E-state index in [9.17, 15) is 8.42 Å². The van der Waals surface area contributed by atoms with Crippen molar-refractivity contribution in [3.8, 4) is 0 Å². The maximum absolute atomic E-state index is 10.4. The first-order valence-electron chi connectivity index (χ1n) is 11.5. The van der Waals surface area contributed by atoms with Gasteiger partial charge >= 0.3 is 29.6 Å². The van der Waals surface area contributed by atoms with E-state index >= 15 is 0 Å². The SMILES string of the molecule is CCCCC.CCCCCCCCCCCCC.O=S(=O)(O)c1ccccc1.[Na+]. The number of hydrogen-bond donors (Lipinski definition) is 1. The maximum Gasteiger partial charge on any atom is 1.00 e. The molecule has 0 aliphatic heterocycles. The van der Waals surface area contributed by atoms with Gasteiger partial charge in [0.15, 0.2) is 0 Å². The van der Waals surface area contributed by atoms with Crippen LogP contribution in [-0.2, 0) is 10.1 Å². The topological polar surface area (TPSA) is 54.4 Å². The molecule has 0 aliphatic carbocycles. The molecule has 1 aromatic carbocycles. The molecule has 0 atom stereocenters. The second-order valence-corrected chi connectivity index (χ2v) is 8.75. The average molecular weight is 438 g/mol. The summed E-state index contributed by atoms with van der Waals surface area (Å²) >= 11 is 0. The molecule has 0 aromatic heterocycles. The molecular formula is C24H46NaO3S+. The van der Waals surface area contributed by atoms with Crippen molar-refractivity contribution in [3.63, 3.8) is 0 Å². The zero-order valence-corrected chi connectivity index (χ0v) is 22.8. The van der Waals surface area contributed by atoms with Gasteiger partial charge in [0.05, 0.1) is 4.90 Å². The van der Waals surface area contributed by atoms with E-state index in [2.05, 4.69) is 27.7 Å². The van der Waals surface area contributed by atoms with Crippen molar-refractivity contribution in [3.05, 3.63) is 30.3 Å². The summed E-state index contributed by atoms with van der Waals surface area (Å²) in [5.74, 6) is 0. The Morgan fingerprint density at radius 3 is 1.10 bits per heavy atom. The molecule has 0 amide bonds. The molecule has 0 saturated heterocycles. The van der Waals surface area contributed by atoms with Gasteiger partial charge in [-0.2, -0.15) is 8.42 Å². The average Bonchev–Trinajstić information content (AvgIpc) is 2.68. The number of unbranched alkanes of at least 4 members (excludes halogenated alkanes) is 12. The van der Waals surface area contributed by atoms with Crippen LogP contribution in [0.4, 0.5) is 0 Å². The van der Waals surface area contributed by atoms with Gasteiger partial charge < -0.3 is 0 Å². The molecule has 0 unspecified atom stereocenters. The first kappa shape index (κ1) is 33.8. The summed E-state index contributed by atoms with van der Waals surface area (Å²) in [6.45, 7) is 8.99. The van der Waals surface area contributed by atoms with E-state index in [-0.39, 0.29) is 34.5 Å². The van der Waals surface area contributed by atoms with E-state index in [1.165, 1.54) is 102 Å². The van der Waals surface area contributed by atoms with Crippen molar-refractivity contribution >= 4 is 10.1 Å². The van der Waals surface area contributed by atoms with E-state index < -0.39 is 10.1 Å². The molecule has 29 heavy (non-hydrogen) atoms. The second-order valence-electron chi connectivity index (χ2n) is 7.32. The standard InChI is InChI=1S/C13H28.C6H6O3S.C5H12.Na/c1-3-5-7-9-11-13-12-10-8-6-4-2;7-10(8,9)6-4-2-1-3-5-6;1-3-5-4-2;/h3-13H2,1-2H3;1-5H,(H,7,8,9);3-5H2,1-2H3;/q;;;+1. The molecule has 0 saturated carbocycles. The molecule has 1 aromatic rings. The molecular weight excluding hydrogens is 391 g/mol. The Bertz CT molecular complexity index is 492. The molecule has 3 nitrogen and oxygen atoms in total. The summed E-state index contributed by atoms with van der Waals surface area (Å²) in [5, 5.41) is 0. The third kappa shape index (κ3) is 28.1. The molecule has 1 N–H and O–H groups in total. The van der Waals surface area contributed by atoms with Crippen molar-refractivity contribution < 1.29 is 42.5 Å². The minimum Gasteiger partial charge on any atom is -0.282 e. The maximum atomic E-state index is 10.4. The Hall–Kier alpha value is 0.130. The van der Waals surface area contributed by atoms with Crippen LogP contribution in [0.2, 0.25) is 0 Å². The van der Waals surface area contributed by atoms with Crippen molar-refractivity contribution in [1.29, 1.82) is 0 Å². The summed E-state index contributed by atoms with van der Waals surface area (Å²) in [7, 11) is -4.00. The molecule has 166 valence electrons. The fourth-order valence-corrected chi connectivity index (χ4v) is 3.18. The first-order chi connectivity index (χ1) is 13.4. The zero-order valence-electron chi connectivity index (χ0n) is 20.0. The van der Waals surface area contributed by atoms with E-state index in [1.54, 1.807) is 18.2 Å². The van der Waals surface area contributed by atoms with Crippen LogP contribution in [0.15, 0.2) is 35.2 Å². The predicted octanol–water partition coefficient (Wildman–Crippen LogP) is 5.45. The Morgan fingerprint density at radius 2 is 0.897 bits per heavy atom. The summed E-state index contributed by atoms with van der Waals surface area (Å²) in [4.78, 5) is -0.0741. The quantitative estimate of drug-likeness (QED) is 0.254. The minimum absolute atomic E-state index is 0. The Labute approximate surface area is 204 Å². The Balaban J connectivity index is -0.000000375. The number of rotatable bonds is 13. The smallest absolute Gasteiger partial charge is 0.282 e. The molecule has 0 aliphatic rings. The second kappa shape index (κ2) is 26.2. The van der Waals surface area contributed by atoms with Crippen molar-refractivity contribution in [2.45, 2.75) is 122 Å². The number of hydrogen-bond acceptors (Lipinski definition) is 2. The van der Waals surface area contributed by atoms with Crippen LogP contribution >= 0.6 is 0 Å². The van der Waals surface area contributed by atoms with E-state index in [4.69, 9.17) is 4.55 Å². The van der Waals surface area contributed by atoms with Gasteiger partial charge in [-0.3, -0.25) is 4.55 Å². The predicted molar refractivity (Wildman–Crippen MR) is 124 cm³/mol. The van der Waals surface area contributed by atoms with Gasteiger partial charge in [-0.15, -0.1) is 0 Å². The van der Waals surface area contributed by atoms with Crippen LogP contribution in [0, 0.1) is 0 Å². The third-order valence-electron chi connectivity index (χ3n) is 4.46. The van der Waals surface area contributed by atoms with Crippen LogP contribution in [0.5, 0.6) is 0 Å². The summed E-state index contributed by atoms with van der Waals surface area (Å²) in [5.41, 5.74) is 0. The molecule has 0 spiro atoms. The van der Waals surface area contributed by atoms with Gasteiger partial charge in [0.2, 0.25) is 0 Å². The van der Waals surface area contributed by atoms with Crippen molar-refractivity contribution in [1.82, 2.24) is 0 Å². The largest absolute Gasteiger partial charge is 1.00 e. The van der Waals surface area contributed by atoms with Gasteiger partial charge in [-0.25, -0.2) is 0 Å². The minimum atomic E-state index is -4.00. The Morgan fingerprint density at radius 1 is 0.586 bits per heavy atom. The fourth-order valence-electron chi connectivity index (χ4n) is 2.68.